The lowest BCUT2D eigenvalue weighted by atomic mass is 9.99. The van der Waals surface area contributed by atoms with Crippen LogP contribution in [0.2, 0.25) is 0 Å². The van der Waals surface area contributed by atoms with E-state index in [1.165, 1.54) is 11.8 Å². The van der Waals surface area contributed by atoms with Gasteiger partial charge in [-0.05, 0) is 44.0 Å². The molecule has 3 unspecified atom stereocenters. The highest BCUT2D eigenvalue weighted by Gasteiger charge is 2.47. The standard InChI is InChI=1S/C21H23N5O2S/c1-12-5-2-3-7-14(12)26-15-8-10-23-20-16(15)17(25-21(26)28)18(29-20)19(27)24-13-6-4-9-22-11-13/h2-3,5,7-8,10,13,17-18,22H,4,6,9,11H2,1H3,(H,24,27)(H,25,28). The number of thioether (sulfide) groups is 1. The molecule has 1 fully saturated rings. The Balaban J connectivity index is 1.47. The summed E-state index contributed by atoms with van der Waals surface area (Å²) in [5.41, 5.74) is 3.59. The predicted molar refractivity (Wildman–Crippen MR) is 113 cm³/mol. The van der Waals surface area contributed by atoms with E-state index in [0.29, 0.717) is 0 Å². The van der Waals surface area contributed by atoms with Crippen molar-refractivity contribution < 1.29 is 9.59 Å². The lowest BCUT2D eigenvalue weighted by molar-refractivity contribution is -0.121. The largest absolute Gasteiger partial charge is 0.351 e. The number of urea groups is 1. The minimum absolute atomic E-state index is 0.0395. The maximum atomic E-state index is 13.1. The second-order valence-electron chi connectivity index (χ2n) is 7.69. The average molecular weight is 410 g/mol. The van der Waals surface area contributed by atoms with Gasteiger partial charge in [0.25, 0.3) is 0 Å². The molecule has 5 rings (SSSR count). The number of aryl methyl sites for hydroxylation is 1. The predicted octanol–water partition coefficient (Wildman–Crippen LogP) is 2.63. The quantitative estimate of drug-likeness (QED) is 0.726. The highest BCUT2D eigenvalue weighted by Crippen LogP contribution is 2.50. The van der Waals surface area contributed by atoms with Gasteiger partial charge in [0.05, 0.1) is 17.4 Å². The fourth-order valence-electron chi connectivity index (χ4n) is 4.34. The van der Waals surface area contributed by atoms with Crippen molar-refractivity contribution in [1.82, 2.24) is 20.9 Å². The number of carbonyl (C=O) groups is 2. The Morgan fingerprint density at radius 2 is 2.14 bits per heavy atom. The average Bonchev–Trinajstić information content (AvgIpc) is 3.10. The van der Waals surface area contributed by atoms with Crippen LogP contribution in [0.4, 0.5) is 16.2 Å². The van der Waals surface area contributed by atoms with Crippen molar-refractivity contribution >= 4 is 35.1 Å². The molecule has 8 heteroatoms. The van der Waals surface area contributed by atoms with Crippen LogP contribution < -0.4 is 20.9 Å². The van der Waals surface area contributed by atoms with E-state index < -0.39 is 5.25 Å². The highest BCUT2D eigenvalue weighted by atomic mass is 32.2. The molecule has 0 saturated carbocycles. The number of benzene rings is 1. The molecule has 150 valence electrons. The summed E-state index contributed by atoms with van der Waals surface area (Å²) in [6, 6.07) is 9.21. The molecule has 4 heterocycles. The molecule has 3 atom stereocenters. The number of rotatable bonds is 3. The van der Waals surface area contributed by atoms with Crippen LogP contribution >= 0.6 is 11.8 Å². The molecule has 3 N–H and O–H groups in total. The topological polar surface area (TPSA) is 86.4 Å². The van der Waals surface area contributed by atoms with Gasteiger partial charge in [-0.15, -0.1) is 0 Å². The summed E-state index contributed by atoms with van der Waals surface area (Å²) in [6.07, 6.45) is 3.75. The Hall–Kier alpha value is -2.58. The summed E-state index contributed by atoms with van der Waals surface area (Å²) in [5.74, 6) is -0.0395. The van der Waals surface area contributed by atoms with Crippen LogP contribution in [0.15, 0.2) is 41.6 Å². The zero-order valence-corrected chi connectivity index (χ0v) is 17.0. The van der Waals surface area contributed by atoms with Crippen LogP contribution in [0.1, 0.15) is 30.0 Å². The molecule has 7 nitrogen and oxygen atoms in total. The monoisotopic (exact) mass is 409 g/mol. The van der Waals surface area contributed by atoms with Crippen LogP contribution in [0.3, 0.4) is 0 Å². The van der Waals surface area contributed by atoms with Gasteiger partial charge in [-0.3, -0.25) is 9.69 Å². The first-order valence-electron chi connectivity index (χ1n) is 9.96. The molecular formula is C21H23N5O2S. The number of piperidine rings is 1. The van der Waals surface area contributed by atoms with Crippen molar-refractivity contribution in [3.8, 4) is 0 Å². The van der Waals surface area contributed by atoms with Crippen molar-refractivity contribution in [1.29, 1.82) is 0 Å². The number of anilines is 2. The molecule has 1 aromatic carbocycles. The number of aromatic nitrogens is 1. The van der Waals surface area contributed by atoms with Gasteiger partial charge in [0.1, 0.15) is 10.3 Å². The normalized spacial score (nSPS) is 25.3. The maximum Gasteiger partial charge on any atom is 0.327 e. The van der Waals surface area contributed by atoms with Crippen LogP contribution in [0.25, 0.3) is 0 Å². The first-order valence-corrected chi connectivity index (χ1v) is 10.8. The van der Waals surface area contributed by atoms with Gasteiger partial charge in [-0.25, -0.2) is 9.78 Å². The number of hydrogen-bond acceptors (Lipinski definition) is 5. The smallest absolute Gasteiger partial charge is 0.327 e. The number of hydrogen-bond donors (Lipinski definition) is 3. The molecule has 0 radical (unpaired) electrons. The van der Waals surface area contributed by atoms with E-state index in [-0.39, 0.29) is 24.0 Å². The van der Waals surface area contributed by atoms with Crippen LogP contribution in [-0.4, -0.2) is 41.3 Å². The summed E-state index contributed by atoms with van der Waals surface area (Å²) in [7, 11) is 0. The van der Waals surface area contributed by atoms with E-state index in [1.807, 2.05) is 37.3 Å². The van der Waals surface area contributed by atoms with Crippen LogP contribution in [-0.2, 0) is 4.79 Å². The van der Waals surface area contributed by atoms with Crippen molar-refractivity contribution in [2.45, 2.75) is 42.1 Å². The minimum atomic E-state index is -0.413. The number of amides is 3. The summed E-state index contributed by atoms with van der Waals surface area (Å²) >= 11 is 1.44. The summed E-state index contributed by atoms with van der Waals surface area (Å²) in [4.78, 5) is 32.3. The number of nitrogens with zero attached hydrogens (tertiary/aromatic N) is 2. The van der Waals surface area contributed by atoms with Gasteiger partial charge in [0.2, 0.25) is 5.91 Å². The van der Waals surface area contributed by atoms with Gasteiger partial charge in [-0.1, -0.05) is 30.0 Å². The molecule has 0 spiro atoms. The van der Waals surface area contributed by atoms with E-state index in [0.717, 1.165) is 53.5 Å². The van der Waals surface area contributed by atoms with E-state index >= 15 is 0 Å². The molecule has 0 aliphatic carbocycles. The van der Waals surface area contributed by atoms with Crippen LogP contribution in [0.5, 0.6) is 0 Å². The van der Waals surface area contributed by atoms with E-state index in [4.69, 9.17) is 0 Å². The van der Waals surface area contributed by atoms with E-state index in [2.05, 4.69) is 20.9 Å². The Morgan fingerprint density at radius 1 is 1.28 bits per heavy atom. The third-order valence-corrected chi connectivity index (χ3v) is 7.05. The molecule has 2 aromatic rings. The summed E-state index contributed by atoms with van der Waals surface area (Å²) in [6.45, 7) is 3.77. The van der Waals surface area contributed by atoms with E-state index in [1.54, 1.807) is 11.1 Å². The number of pyridine rings is 1. The Bertz CT molecular complexity index is 975. The van der Waals surface area contributed by atoms with Crippen molar-refractivity contribution in [2.24, 2.45) is 0 Å². The molecular weight excluding hydrogens is 386 g/mol. The first-order chi connectivity index (χ1) is 14.1. The lowest BCUT2D eigenvalue weighted by Crippen LogP contribution is -2.52. The Kier molecular flexibility index (Phi) is 4.67. The van der Waals surface area contributed by atoms with E-state index in [9.17, 15) is 9.59 Å². The second-order valence-corrected chi connectivity index (χ2v) is 8.82. The van der Waals surface area contributed by atoms with Gasteiger partial charge >= 0.3 is 6.03 Å². The van der Waals surface area contributed by atoms with Crippen molar-refractivity contribution in [3.05, 3.63) is 47.7 Å². The molecule has 3 aliphatic rings. The second kappa shape index (κ2) is 7.35. The molecule has 0 bridgehead atoms. The molecule has 1 saturated heterocycles. The lowest BCUT2D eigenvalue weighted by Gasteiger charge is -2.35. The highest BCUT2D eigenvalue weighted by molar-refractivity contribution is 8.01. The zero-order chi connectivity index (χ0) is 20.0. The van der Waals surface area contributed by atoms with Gasteiger partial charge in [-0.2, -0.15) is 0 Å². The maximum absolute atomic E-state index is 13.1. The third kappa shape index (κ3) is 3.16. The van der Waals surface area contributed by atoms with Gasteiger partial charge < -0.3 is 16.0 Å². The Labute approximate surface area is 173 Å². The fraction of sp³-hybridized carbons (Fsp3) is 0.381. The minimum Gasteiger partial charge on any atom is -0.351 e. The Morgan fingerprint density at radius 3 is 2.93 bits per heavy atom. The molecule has 3 amide bonds. The number of carbonyl (C=O) groups excluding carboxylic acids is 2. The number of para-hydroxylation sites is 1. The van der Waals surface area contributed by atoms with Crippen molar-refractivity contribution in [3.63, 3.8) is 0 Å². The molecule has 3 aliphatic heterocycles. The summed E-state index contributed by atoms with van der Waals surface area (Å²) in [5, 5.41) is 9.94. The van der Waals surface area contributed by atoms with Gasteiger partial charge in [0, 0.05) is 24.3 Å². The zero-order valence-electron chi connectivity index (χ0n) is 16.1. The van der Waals surface area contributed by atoms with Gasteiger partial charge in [0.15, 0.2) is 0 Å². The van der Waals surface area contributed by atoms with Crippen LogP contribution in [0, 0.1) is 6.92 Å². The molecule has 29 heavy (non-hydrogen) atoms. The SMILES string of the molecule is Cc1ccccc1N1C(=O)NC2c3c1ccnc3SC2C(=O)NC1CCCNC1. The van der Waals surface area contributed by atoms with Crippen molar-refractivity contribution in [2.75, 3.05) is 18.0 Å². The third-order valence-electron chi connectivity index (χ3n) is 5.76. The molecule has 1 aromatic heterocycles. The first kappa shape index (κ1) is 18.4. The number of nitrogens with one attached hydrogen (secondary N) is 3. The fourth-order valence-corrected chi connectivity index (χ4v) is 5.57. The summed E-state index contributed by atoms with van der Waals surface area (Å²) < 4.78 is 0.